The van der Waals surface area contributed by atoms with Gasteiger partial charge in [-0.3, -0.25) is 4.79 Å². The smallest absolute Gasteiger partial charge is 0.263 e. The van der Waals surface area contributed by atoms with Gasteiger partial charge in [-0.2, -0.15) is 4.98 Å². The minimum Gasteiger partial charge on any atom is -0.481 e. The van der Waals surface area contributed by atoms with Crippen LogP contribution in [0.1, 0.15) is 23.9 Å². The number of carbonyl (C=O) groups excluding carboxylic acids is 1. The SMILES string of the molecule is Cc1ccc(C)c(O[C@@H](C)C(=O)N(C)Cc2nc(-c3ccccc3)no2)c1. The van der Waals surface area contributed by atoms with Crippen LogP contribution in [-0.4, -0.2) is 34.1 Å². The van der Waals surface area contributed by atoms with E-state index in [2.05, 4.69) is 10.1 Å². The molecule has 3 aromatic rings. The lowest BCUT2D eigenvalue weighted by Gasteiger charge is -2.21. The van der Waals surface area contributed by atoms with Crippen LogP contribution >= 0.6 is 0 Å². The summed E-state index contributed by atoms with van der Waals surface area (Å²) in [5.41, 5.74) is 2.95. The molecule has 0 bridgehead atoms. The zero-order valence-corrected chi connectivity index (χ0v) is 16.0. The van der Waals surface area contributed by atoms with E-state index in [0.29, 0.717) is 17.5 Å². The van der Waals surface area contributed by atoms with Crippen LogP contribution in [0.4, 0.5) is 0 Å². The molecule has 2 aromatic carbocycles. The van der Waals surface area contributed by atoms with Gasteiger partial charge in [0.2, 0.25) is 11.7 Å². The van der Waals surface area contributed by atoms with Crippen LogP contribution in [0.3, 0.4) is 0 Å². The number of likely N-dealkylation sites (N-methyl/N-ethyl adjacent to an activating group) is 1. The van der Waals surface area contributed by atoms with E-state index in [1.54, 1.807) is 14.0 Å². The van der Waals surface area contributed by atoms with Gasteiger partial charge in [-0.1, -0.05) is 47.6 Å². The molecule has 0 aliphatic heterocycles. The van der Waals surface area contributed by atoms with Gasteiger partial charge in [-0.25, -0.2) is 0 Å². The lowest BCUT2D eigenvalue weighted by atomic mass is 10.1. The van der Waals surface area contributed by atoms with Crippen molar-refractivity contribution in [2.75, 3.05) is 7.05 Å². The molecule has 0 fully saturated rings. The number of carbonyl (C=O) groups is 1. The van der Waals surface area contributed by atoms with Crippen LogP contribution in [0.5, 0.6) is 5.75 Å². The number of benzene rings is 2. The molecule has 27 heavy (non-hydrogen) atoms. The van der Waals surface area contributed by atoms with E-state index in [-0.39, 0.29) is 12.5 Å². The van der Waals surface area contributed by atoms with E-state index >= 15 is 0 Å². The molecule has 0 saturated heterocycles. The molecule has 0 N–H and O–H groups in total. The summed E-state index contributed by atoms with van der Waals surface area (Å²) < 4.78 is 11.1. The maximum Gasteiger partial charge on any atom is 0.263 e. The fourth-order valence-corrected chi connectivity index (χ4v) is 2.69. The van der Waals surface area contributed by atoms with E-state index in [1.165, 1.54) is 4.90 Å². The third-order valence-electron chi connectivity index (χ3n) is 4.24. The second-order valence-electron chi connectivity index (χ2n) is 6.60. The van der Waals surface area contributed by atoms with E-state index < -0.39 is 6.10 Å². The van der Waals surface area contributed by atoms with Crippen molar-refractivity contribution in [1.82, 2.24) is 15.0 Å². The molecule has 1 amide bonds. The van der Waals surface area contributed by atoms with Crippen molar-refractivity contribution >= 4 is 5.91 Å². The molecular weight excluding hydrogens is 342 g/mol. The van der Waals surface area contributed by atoms with Gasteiger partial charge >= 0.3 is 0 Å². The third kappa shape index (κ3) is 4.53. The van der Waals surface area contributed by atoms with Crippen LogP contribution in [0.2, 0.25) is 0 Å². The summed E-state index contributed by atoms with van der Waals surface area (Å²) in [7, 11) is 1.69. The predicted molar refractivity (Wildman–Crippen MR) is 102 cm³/mol. The molecule has 1 atom stereocenters. The molecule has 6 heteroatoms. The molecule has 1 aromatic heterocycles. The van der Waals surface area contributed by atoms with Crippen molar-refractivity contribution in [2.24, 2.45) is 0 Å². The Balaban J connectivity index is 1.63. The van der Waals surface area contributed by atoms with Crippen LogP contribution < -0.4 is 4.74 Å². The fourth-order valence-electron chi connectivity index (χ4n) is 2.69. The third-order valence-corrected chi connectivity index (χ3v) is 4.24. The first-order chi connectivity index (χ1) is 12.9. The maximum absolute atomic E-state index is 12.6. The molecule has 0 aliphatic carbocycles. The molecule has 140 valence electrons. The quantitative estimate of drug-likeness (QED) is 0.665. The van der Waals surface area contributed by atoms with Gasteiger partial charge in [0, 0.05) is 12.6 Å². The predicted octanol–water partition coefficient (Wildman–Crippen LogP) is 3.78. The lowest BCUT2D eigenvalue weighted by Crippen LogP contribution is -2.37. The number of nitrogens with zero attached hydrogens (tertiary/aromatic N) is 3. The monoisotopic (exact) mass is 365 g/mol. The van der Waals surface area contributed by atoms with Crippen molar-refractivity contribution in [3.63, 3.8) is 0 Å². The van der Waals surface area contributed by atoms with Crippen molar-refractivity contribution in [2.45, 2.75) is 33.4 Å². The number of amides is 1. The van der Waals surface area contributed by atoms with Gasteiger partial charge in [-0.15, -0.1) is 0 Å². The number of hydrogen-bond donors (Lipinski definition) is 0. The number of hydrogen-bond acceptors (Lipinski definition) is 5. The summed E-state index contributed by atoms with van der Waals surface area (Å²) in [5, 5.41) is 3.98. The normalized spacial score (nSPS) is 11.9. The van der Waals surface area contributed by atoms with Crippen LogP contribution in [0.15, 0.2) is 53.1 Å². The molecular formula is C21H23N3O3. The van der Waals surface area contributed by atoms with Crippen molar-refractivity contribution < 1.29 is 14.1 Å². The number of ether oxygens (including phenoxy) is 1. The van der Waals surface area contributed by atoms with Crippen LogP contribution in [0, 0.1) is 13.8 Å². The molecule has 0 unspecified atom stereocenters. The van der Waals surface area contributed by atoms with Gasteiger partial charge in [0.25, 0.3) is 5.91 Å². The second kappa shape index (κ2) is 8.03. The average molecular weight is 365 g/mol. The minimum atomic E-state index is -0.619. The Hall–Kier alpha value is -3.15. The maximum atomic E-state index is 12.6. The summed E-state index contributed by atoms with van der Waals surface area (Å²) in [6, 6.07) is 15.5. The van der Waals surface area contributed by atoms with Crippen LogP contribution in [-0.2, 0) is 11.3 Å². The van der Waals surface area contributed by atoms with E-state index in [9.17, 15) is 4.79 Å². The van der Waals surface area contributed by atoms with E-state index in [0.717, 1.165) is 16.7 Å². The summed E-state index contributed by atoms with van der Waals surface area (Å²) in [6.07, 6.45) is -0.619. The summed E-state index contributed by atoms with van der Waals surface area (Å²) in [4.78, 5) is 18.5. The Labute approximate surface area is 158 Å². The van der Waals surface area contributed by atoms with Gasteiger partial charge in [-0.05, 0) is 38.0 Å². The highest BCUT2D eigenvalue weighted by Crippen LogP contribution is 2.21. The Kier molecular flexibility index (Phi) is 5.54. The highest BCUT2D eigenvalue weighted by molar-refractivity contribution is 5.80. The van der Waals surface area contributed by atoms with Crippen molar-refractivity contribution in [3.05, 3.63) is 65.5 Å². The average Bonchev–Trinajstić information content (AvgIpc) is 3.13. The second-order valence-corrected chi connectivity index (χ2v) is 6.60. The zero-order valence-electron chi connectivity index (χ0n) is 16.0. The van der Waals surface area contributed by atoms with Crippen molar-refractivity contribution in [1.29, 1.82) is 0 Å². The van der Waals surface area contributed by atoms with Gasteiger partial charge in [0.05, 0.1) is 6.54 Å². The molecule has 1 heterocycles. The van der Waals surface area contributed by atoms with Gasteiger partial charge in [0.15, 0.2) is 6.10 Å². The Morgan fingerprint density at radius 2 is 1.93 bits per heavy atom. The van der Waals surface area contributed by atoms with Crippen LogP contribution in [0.25, 0.3) is 11.4 Å². The number of rotatable bonds is 6. The van der Waals surface area contributed by atoms with Crippen molar-refractivity contribution in [3.8, 4) is 17.1 Å². The largest absolute Gasteiger partial charge is 0.481 e. The lowest BCUT2D eigenvalue weighted by molar-refractivity contribution is -0.137. The van der Waals surface area contributed by atoms with E-state index in [1.807, 2.05) is 62.4 Å². The van der Waals surface area contributed by atoms with Gasteiger partial charge in [0.1, 0.15) is 5.75 Å². The number of aromatic nitrogens is 2. The molecule has 0 aliphatic rings. The molecule has 3 rings (SSSR count). The highest BCUT2D eigenvalue weighted by atomic mass is 16.5. The first-order valence-corrected chi connectivity index (χ1v) is 8.81. The minimum absolute atomic E-state index is 0.157. The molecule has 6 nitrogen and oxygen atoms in total. The Bertz CT molecular complexity index is 921. The Morgan fingerprint density at radius 1 is 1.19 bits per heavy atom. The first kappa shape index (κ1) is 18.6. The zero-order chi connectivity index (χ0) is 19.4. The standard InChI is InChI=1S/C21H23N3O3/c1-14-10-11-15(2)18(12-14)26-16(3)21(25)24(4)13-19-22-20(23-27-19)17-8-6-5-7-9-17/h5-12,16H,13H2,1-4H3/t16-/m0/s1. The Morgan fingerprint density at radius 3 is 2.67 bits per heavy atom. The summed E-state index contributed by atoms with van der Waals surface area (Å²) in [5.74, 6) is 1.44. The van der Waals surface area contributed by atoms with E-state index in [4.69, 9.17) is 9.26 Å². The first-order valence-electron chi connectivity index (χ1n) is 8.81. The number of aryl methyl sites for hydroxylation is 2. The molecule has 0 spiro atoms. The highest BCUT2D eigenvalue weighted by Gasteiger charge is 2.22. The fraction of sp³-hybridized carbons (Fsp3) is 0.286. The van der Waals surface area contributed by atoms with Gasteiger partial charge < -0.3 is 14.2 Å². The molecule has 0 radical (unpaired) electrons. The summed E-state index contributed by atoms with van der Waals surface area (Å²) in [6.45, 7) is 5.91. The summed E-state index contributed by atoms with van der Waals surface area (Å²) >= 11 is 0. The topological polar surface area (TPSA) is 68.5 Å². The molecule has 0 saturated carbocycles.